The number of amides is 1. The third kappa shape index (κ3) is 5.13. The lowest BCUT2D eigenvalue weighted by Gasteiger charge is -2.22. The van der Waals surface area contributed by atoms with Gasteiger partial charge in [-0.2, -0.15) is 4.83 Å². The zero-order valence-corrected chi connectivity index (χ0v) is 15.5. The minimum atomic E-state index is -0.141. The zero-order valence-electron chi connectivity index (χ0n) is 12.2. The van der Waals surface area contributed by atoms with Gasteiger partial charge in [0, 0.05) is 26.2 Å². The number of thiocarbonyl (C=S) groups is 2. The fraction of sp³-hybridized carbons (Fsp3) is 0.500. The highest BCUT2D eigenvalue weighted by atomic mass is 32.2. The lowest BCUT2D eigenvalue weighted by atomic mass is 10.4. The summed E-state index contributed by atoms with van der Waals surface area (Å²) in [4.78, 5) is 21.2. The van der Waals surface area contributed by atoms with Crippen molar-refractivity contribution in [1.29, 1.82) is 0 Å². The summed E-state index contributed by atoms with van der Waals surface area (Å²) in [5, 5.41) is 3.33. The summed E-state index contributed by atoms with van der Waals surface area (Å²) in [5.74, 6) is 0.634. The molecule has 0 saturated heterocycles. The van der Waals surface area contributed by atoms with Gasteiger partial charge >= 0.3 is 0 Å². The minimum absolute atomic E-state index is 0.141. The van der Waals surface area contributed by atoms with E-state index in [-0.39, 0.29) is 11.7 Å². The molecule has 1 aliphatic carbocycles. The molecule has 0 radical (unpaired) electrons. The van der Waals surface area contributed by atoms with Crippen LogP contribution in [0, 0.1) is 5.92 Å². The zero-order chi connectivity index (χ0) is 16.1. The summed E-state index contributed by atoms with van der Waals surface area (Å²) >= 11 is 13.3. The van der Waals surface area contributed by atoms with Gasteiger partial charge in [-0.15, -0.1) is 11.3 Å². The van der Waals surface area contributed by atoms with E-state index in [0.29, 0.717) is 10.9 Å². The van der Waals surface area contributed by atoms with Crippen LogP contribution in [0.3, 0.4) is 0 Å². The Labute approximate surface area is 148 Å². The predicted molar refractivity (Wildman–Crippen MR) is 98.4 cm³/mol. The van der Waals surface area contributed by atoms with Gasteiger partial charge < -0.3 is 0 Å². The van der Waals surface area contributed by atoms with E-state index >= 15 is 0 Å². The molecular weight excluding hydrogens is 358 g/mol. The third-order valence-corrected chi connectivity index (χ3v) is 5.72. The number of carbonyl (C=O) groups is 1. The van der Waals surface area contributed by atoms with Crippen molar-refractivity contribution in [3.05, 3.63) is 16.6 Å². The predicted octanol–water partition coefficient (Wildman–Crippen LogP) is 1.60. The van der Waals surface area contributed by atoms with Crippen LogP contribution in [-0.2, 0) is 4.79 Å². The van der Waals surface area contributed by atoms with Crippen LogP contribution >= 0.6 is 47.7 Å². The fourth-order valence-electron chi connectivity index (χ4n) is 1.60. The van der Waals surface area contributed by atoms with Crippen LogP contribution in [0.5, 0.6) is 0 Å². The van der Waals surface area contributed by atoms with E-state index in [1.54, 1.807) is 23.8 Å². The van der Waals surface area contributed by atoms with Crippen LogP contribution in [0.1, 0.15) is 17.7 Å². The van der Waals surface area contributed by atoms with Crippen molar-refractivity contribution in [3.8, 4) is 0 Å². The molecule has 0 atom stereocenters. The number of aromatic nitrogens is 1. The maximum Gasteiger partial charge on any atom is 0.249 e. The first-order chi connectivity index (χ1) is 10.5. The Morgan fingerprint density at radius 3 is 2.77 bits per heavy atom. The molecule has 0 aromatic carbocycles. The van der Waals surface area contributed by atoms with Crippen LogP contribution in [0.2, 0.25) is 0 Å². The van der Waals surface area contributed by atoms with E-state index in [1.807, 2.05) is 7.05 Å². The molecule has 1 aliphatic rings. The monoisotopic (exact) mass is 375 g/mol. The first kappa shape index (κ1) is 17.5. The topological polar surface area (TPSA) is 60.5 Å². The summed E-state index contributed by atoms with van der Waals surface area (Å²) in [6, 6.07) is 0. The minimum Gasteiger partial charge on any atom is -0.295 e. The van der Waals surface area contributed by atoms with Crippen molar-refractivity contribution in [2.75, 3.05) is 19.8 Å². The Kier molecular flexibility index (Phi) is 6.50. The van der Waals surface area contributed by atoms with Gasteiger partial charge in [-0.25, -0.2) is 0 Å². The number of hydrazine groups is 2. The molecule has 1 amide bonds. The second-order valence-electron chi connectivity index (χ2n) is 4.82. The Hall–Kier alpha value is -0.810. The molecule has 22 heavy (non-hydrogen) atoms. The summed E-state index contributed by atoms with van der Waals surface area (Å²) in [6.07, 6.45) is 4.01. The van der Waals surface area contributed by atoms with E-state index in [4.69, 9.17) is 24.4 Å². The first-order valence-corrected chi connectivity index (χ1v) is 9.28. The number of nitrogens with one attached hydrogen (secondary N) is 2. The Balaban J connectivity index is 1.66. The highest BCUT2D eigenvalue weighted by molar-refractivity contribution is 7.98. The third-order valence-electron chi connectivity index (χ3n) is 2.90. The van der Waals surface area contributed by atoms with Crippen LogP contribution in [-0.4, -0.2) is 50.7 Å². The van der Waals surface area contributed by atoms with Crippen LogP contribution in [0.4, 0.5) is 0 Å². The largest absolute Gasteiger partial charge is 0.295 e. The van der Waals surface area contributed by atoms with Crippen LogP contribution in [0.15, 0.2) is 11.7 Å². The standard InChI is InChI=1S/C12H17N5OS4/c1-16(12(20)9-5-13-7-21-9)14-10(18)6-22-15-17(2)11(19)8-3-4-8/h5,7-8,15H,3-4,6H2,1-2H3,(H,14,18). The quantitative estimate of drug-likeness (QED) is 0.442. The molecule has 1 aromatic heterocycles. The molecule has 0 spiro atoms. The lowest BCUT2D eigenvalue weighted by molar-refractivity contribution is -0.121. The molecule has 2 N–H and O–H groups in total. The molecule has 1 aromatic rings. The SMILES string of the molecule is CN(NC(=O)CSNN(C)C(=S)C1CC1)C(=S)c1cncs1. The summed E-state index contributed by atoms with van der Waals surface area (Å²) in [7, 11) is 3.59. The van der Waals surface area contributed by atoms with Gasteiger partial charge in [0.15, 0.2) is 0 Å². The second-order valence-corrected chi connectivity index (χ2v) is 7.27. The number of hydrogen-bond acceptors (Lipinski definition) is 7. The van der Waals surface area contributed by atoms with Crippen molar-refractivity contribution >= 4 is 63.6 Å². The number of carbonyl (C=O) groups excluding carboxylic acids is 1. The molecule has 120 valence electrons. The Morgan fingerprint density at radius 2 is 2.18 bits per heavy atom. The Bertz CT molecular complexity index is 546. The molecule has 0 bridgehead atoms. The van der Waals surface area contributed by atoms with Crippen LogP contribution < -0.4 is 10.3 Å². The normalized spacial score (nSPS) is 13.5. The van der Waals surface area contributed by atoms with Crippen LogP contribution in [0.25, 0.3) is 0 Å². The maximum atomic E-state index is 11.9. The maximum absolute atomic E-state index is 11.9. The highest BCUT2D eigenvalue weighted by Crippen LogP contribution is 2.31. The summed E-state index contributed by atoms with van der Waals surface area (Å²) < 4.78 is 0. The molecule has 0 aliphatic heterocycles. The van der Waals surface area contributed by atoms with Gasteiger partial charge in [-0.05, 0) is 12.8 Å². The van der Waals surface area contributed by atoms with Crippen molar-refractivity contribution in [1.82, 2.24) is 25.3 Å². The second kappa shape index (κ2) is 8.16. The van der Waals surface area contributed by atoms with E-state index in [1.165, 1.54) is 28.3 Å². The van der Waals surface area contributed by atoms with Gasteiger partial charge in [0.1, 0.15) is 4.99 Å². The van der Waals surface area contributed by atoms with Gasteiger partial charge in [0.25, 0.3) is 0 Å². The molecule has 1 fully saturated rings. The smallest absolute Gasteiger partial charge is 0.249 e. The molecule has 0 unspecified atom stereocenters. The van der Waals surface area contributed by atoms with Crippen molar-refractivity contribution in [2.45, 2.75) is 12.8 Å². The van der Waals surface area contributed by atoms with E-state index in [9.17, 15) is 4.79 Å². The number of hydrogen-bond donors (Lipinski definition) is 2. The summed E-state index contributed by atoms with van der Waals surface area (Å²) in [5.41, 5.74) is 4.43. The molecule has 2 rings (SSSR count). The van der Waals surface area contributed by atoms with E-state index < -0.39 is 0 Å². The first-order valence-electron chi connectivity index (χ1n) is 6.60. The van der Waals surface area contributed by atoms with Crippen molar-refractivity contribution in [2.24, 2.45) is 5.92 Å². The van der Waals surface area contributed by atoms with E-state index in [2.05, 4.69) is 15.2 Å². The fourth-order valence-corrected chi connectivity index (χ4v) is 3.33. The average Bonchev–Trinajstić information content (AvgIpc) is 3.20. The molecule has 6 nitrogen and oxygen atoms in total. The van der Waals surface area contributed by atoms with Crippen molar-refractivity contribution in [3.63, 3.8) is 0 Å². The van der Waals surface area contributed by atoms with Crippen molar-refractivity contribution < 1.29 is 4.79 Å². The molecule has 1 saturated carbocycles. The molecule has 1 heterocycles. The average molecular weight is 376 g/mol. The number of nitrogens with zero attached hydrogens (tertiary/aromatic N) is 3. The number of thiazole rings is 1. The van der Waals surface area contributed by atoms with E-state index in [0.717, 1.165) is 22.7 Å². The highest BCUT2D eigenvalue weighted by Gasteiger charge is 2.28. The van der Waals surface area contributed by atoms with Gasteiger partial charge in [-0.3, -0.25) is 25.2 Å². The molecule has 10 heteroatoms. The lowest BCUT2D eigenvalue weighted by Crippen LogP contribution is -2.44. The van der Waals surface area contributed by atoms with Gasteiger partial charge in [-0.1, -0.05) is 36.4 Å². The summed E-state index contributed by atoms with van der Waals surface area (Å²) in [6.45, 7) is 0. The number of rotatable bonds is 6. The Morgan fingerprint density at radius 1 is 1.45 bits per heavy atom. The molecular formula is C12H17N5OS4. The van der Waals surface area contributed by atoms with Gasteiger partial charge in [0.05, 0.1) is 21.1 Å². The van der Waals surface area contributed by atoms with Gasteiger partial charge in [0.2, 0.25) is 5.91 Å².